The molecule has 0 aromatic rings. The van der Waals surface area contributed by atoms with Crippen LogP contribution in [0.1, 0.15) is 348 Å². The molecule has 0 aromatic carbocycles. The quantitative estimate of drug-likeness (QED) is 0.0204. The van der Waals surface area contributed by atoms with E-state index in [0.717, 1.165) is 103 Å². The average Bonchev–Trinajstić information content (AvgIpc) is 0.790. The lowest BCUT2D eigenvalue weighted by molar-refractivity contribution is -0.359. The van der Waals surface area contributed by atoms with Crippen LogP contribution >= 0.6 is 0 Å². The maximum Gasteiger partial charge on any atom is 0.220 e. The van der Waals surface area contributed by atoms with Crippen LogP contribution in [0.4, 0.5) is 0 Å². The van der Waals surface area contributed by atoms with Gasteiger partial charge in [0, 0.05) is 6.42 Å². The summed E-state index contributed by atoms with van der Waals surface area (Å²) in [7, 11) is 0. The van der Waals surface area contributed by atoms with Crippen LogP contribution in [0, 0.1) is 0 Å². The second kappa shape index (κ2) is 69.0. The number of aliphatic hydroxyl groups excluding tert-OH is 8. The van der Waals surface area contributed by atoms with E-state index in [1.54, 1.807) is 0 Å². The number of ether oxygens (including phenoxy) is 4. The monoisotopic (exact) mass is 1410 g/mol. The van der Waals surface area contributed by atoms with Crippen molar-refractivity contribution in [3.63, 3.8) is 0 Å². The Kier molecular flexibility index (Phi) is 64.1. The standard InChI is InChI=1S/C86H153NO13/c1-3-5-7-9-11-13-15-17-19-21-23-25-27-29-31-33-35-36-37-38-40-42-44-46-48-50-52-54-56-58-60-62-64-66-68-70-78(91)87-74(73-97-85-83(96)81(94)84(77(72-89)99-85)100-86-82(95)80(93)79(92)76(71-88)98-86)75(90)69-67-65-63-61-59-57-55-53-51-49-47-45-43-41-39-34-32-30-28-26-24-22-20-18-16-14-12-10-8-6-4-2/h5,7,11,13,17,19,23,25,29,31,35-36,38,40,44,46,74-77,79-86,88-90,92-96H,3-4,6,8-10,12,14-16,18,20-22,24,26-28,30,32-34,37,39,41-43,45,47-73H2,1-2H3,(H,87,91)/b7-5-,13-11-,19-17-,25-23-,31-29-,36-35-,40-38-,46-44-. The minimum absolute atomic E-state index is 0.210. The van der Waals surface area contributed by atoms with E-state index in [-0.39, 0.29) is 12.5 Å². The van der Waals surface area contributed by atoms with Gasteiger partial charge in [-0.2, -0.15) is 0 Å². The second-order valence-electron chi connectivity index (χ2n) is 28.9. The molecule has 2 heterocycles. The molecule has 0 saturated carbocycles. The van der Waals surface area contributed by atoms with Gasteiger partial charge in [0.05, 0.1) is 32.0 Å². The van der Waals surface area contributed by atoms with Gasteiger partial charge in [0.15, 0.2) is 12.6 Å². The Labute approximate surface area is 611 Å². The summed E-state index contributed by atoms with van der Waals surface area (Å²) in [5, 5.41) is 87.9. The fourth-order valence-corrected chi connectivity index (χ4v) is 13.3. The van der Waals surface area contributed by atoms with Crippen molar-refractivity contribution in [3.05, 3.63) is 97.2 Å². The summed E-state index contributed by atoms with van der Waals surface area (Å²) in [5.74, 6) is -0.210. The molecule has 12 atom stereocenters. The first kappa shape index (κ1) is 93.0. The number of carbonyl (C=O) groups is 1. The number of hydrogen-bond acceptors (Lipinski definition) is 13. The van der Waals surface area contributed by atoms with Crippen LogP contribution in [0.25, 0.3) is 0 Å². The van der Waals surface area contributed by atoms with Gasteiger partial charge >= 0.3 is 0 Å². The van der Waals surface area contributed by atoms with Crippen molar-refractivity contribution in [1.82, 2.24) is 5.32 Å². The van der Waals surface area contributed by atoms with Crippen molar-refractivity contribution in [1.29, 1.82) is 0 Å². The van der Waals surface area contributed by atoms with Gasteiger partial charge in [0.1, 0.15) is 48.8 Å². The minimum atomic E-state index is -1.79. The first-order chi connectivity index (χ1) is 49.1. The molecule has 2 saturated heterocycles. The van der Waals surface area contributed by atoms with Crippen LogP contribution in [-0.4, -0.2) is 140 Å². The van der Waals surface area contributed by atoms with Crippen molar-refractivity contribution in [2.24, 2.45) is 0 Å². The van der Waals surface area contributed by atoms with E-state index in [0.29, 0.717) is 19.3 Å². The molecule has 1 amide bonds. The van der Waals surface area contributed by atoms with Crippen LogP contribution in [0.15, 0.2) is 97.2 Å². The Morgan fingerprint density at radius 3 is 1.06 bits per heavy atom. The predicted octanol–water partition coefficient (Wildman–Crippen LogP) is 19.2. The number of hydrogen-bond donors (Lipinski definition) is 9. The van der Waals surface area contributed by atoms with E-state index in [4.69, 9.17) is 18.9 Å². The third-order valence-electron chi connectivity index (χ3n) is 19.8. The number of allylic oxidation sites excluding steroid dienone is 16. The third-order valence-corrected chi connectivity index (χ3v) is 19.8. The number of unbranched alkanes of at least 4 members (excludes halogenated alkanes) is 40. The van der Waals surface area contributed by atoms with Gasteiger partial charge in [0.25, 0.3) is 0 Å². The molecule has 0 bridgehead atoms. The van der Waals surface area contributed by atoms with E-state index in [1.807, 2.05) is 0 Å². The molecule has 0 spiro atoms. The number of amides is 1. The van der Waals surface area contributed by atoms with Crippen molar-refractivity contribution >= 4 is 5.91 Å². The molecule has 9 N–H and O–H groups in total. The molecule has 12 unspecified atom stereocenters. The first-order valence-electron chi connectivity index (χ1n) is 41.5. The highest BCUT2D eigenvalue weighted by Crippen LogP contribution is 2.30. The molecule has 14 heteroatoms. The highest BCUT2D eigenvalue weighted by molar-refractivity contribution is 5.76. The van der Waals surface area contributed by atoms with Crippen LogP contribution in [0.2, 0.25) is 0 Å². The van der Waals surface area contributed by atoms with Crippen molar-refractivity contribution in [2.75, 3.05) is 19.8 Å². The summed E-state index contributed by atoms with van der Waals surface area (Å²) in [6.07, 6.45) is 81.6. The normalized spacial score (nSPS) is 22.3. The average molecular weight is 1410 g/mol. The Morgan fingerprint density at radius 1 is 0.370 bits per heavy atom. The zero-order valence-corrected chi connectivity index (χ0v) is 63.7. The molecular weight excluding hydrogens is 1250 g/mol. The second-order valence-corrected chi connectivity index (χ2v) is 28.9. The van der Waals surface area contributed by atoms with Gasteiger partial charge in [-0.25, -0.2) is 0 Å². The van der Waals surface area contributed by atoms with Gasteiger partial charge in [0.2, 0.25) is 5.91 Å². The number of aliphatic hydroxyl groups is 8. The van der Waals surface area contributed by atoms with E-state index in [2.05, 4.69) is 116 Å². The maximum absolute atomic E-state index is 13.4. The molecule has 0 aliphatic carbocycles. The molecular formula is C86H153NO13. The molecule has 14 nitrogen and oxygen atoms in total. The molecule has 2 fully saturated rings. The molecule has 0 aromatic heterocycles. The Morgan fingerprint density at radius 2 is 0.690 bits per heavy atom. The maximum atomic E-state index is 13.4. The highest BCUT2D eigenvalue weighted by atomic mass is 16.7. The SMILES string of the molecule is CC/C=C\C/C=C\C/C=C\C/C=C\C/C=C\C/C=C\C/C=C\C/C=C\CCCCCCCCCCCCC(=O)NC(COC1OC(CO)C(OC2OC(CO)C(O)C(O)C2O)C(O)C1O)C(O)CCCCCCCCCCCCCCCCCCCCCCCCCCCCCCCCC. The fourth-order valence-electron chi connectivity index (χ4n) is 13.3. The van der Waals surface area contributed by atoms with Crippen molar-refractivity contribution in [2.45, 2.75) is 421 Å². The van der Waals surface area contributed by atoms with Crippen LogP contribution in [0.5, 0.6) is 0 Å². The lowest BCUT2D eigenvalue weighted by atomic mass is 9.97. The Hall–Kier alpha value is -3.09. The van der Waals surface area contributed by atoms with Gasteiger partial charge < -0.3 is 65.1 Å². The summed E-state index contributed by atoms with van der Waals surface area (Å²) in [6, 6.07) is -0.840. The predicted molar refractivity (Wildman–Crippen MR) is 415 cm³/mol. The third kappa shape index (κ3) is 51.2. The van der Waals surface area contributed by atoms with Crippen molar-refractivity contribution < 1.29 is 64.6 Å². The van der Waals surface area contributed by atoms with Gasteiger partial charge in [-0.3, -0.25) is 4.79 Å². The Bertz CT molecular complexity index is 2050. The largest absolute Gasteiger partial charge is 0.394 e. The van der Waals surface area contributed by atoms with E-state index in [1.165, 1.54) is 212 Å². The zero-order chi connectivity index (χ0) is 72.2. The summed E-state index contributed by atoms with van der Waals surface area (Å²) < 4.78 is 23.0. The topological polar surface area (TPSA) is 228 Å². The summed E-state index contributed by atoms with van der Waals surface area (Å²) in [4.78, 5) is 13.4. The molecule has 100 heavy (non-hydrogen) atoms. The lowest BCUT2D eigenvalue weighted by Crippen LogP contribution is -2.65. The van der Waals surface area contributed by atoms with Crippen LogP contribution in [-0.2, 0) is 23.7 Å². The Balaban J connectivity index is 1.61. The highest BCUT2D eigenvalue weighted by Gasteiger charge is 2.51. The van der Waals surface area contributed by atoms with E-state index in [9.17, 15) is 45.6 Å². The number of carbonyl (C=O) groups excluding carboxylic acids is 1. The van der Waals surface area contributed by atoms with E-state index >= 15 is 0 Å². The van der Waals surface area contributed by atoms with Gasteiger partial charge in [-0.1, -0.05) is 361 Å². The summed E-state index contributed by atoms with van der Waals surface area (Å²) in [6.45, 7) is 2.79. The van der Waals surface area contributed by atoms with Gasteiger partial charge in [-0.05, 0) is 77.0 Å². The summed E-state index contributed by atoms with van der Waals surface area (Å²) in [5.41, 5.74) is 0. The van der Waals surface area contributed by atoms with Crippen LogP contribution < -0.4 is 5.32 Å². The first-order valence-corrected chi connectivity index (χ1v) is 41.5. The smallest absolute Gasteiger partial charge is 0.220 e. The van der Waals surface area contributed by atoms with Gasteiger partial charge in [-0.15, -0.1) is 0 Å². The fraction of sp³-hybridized carbons (Fsp3) is 0.802. The van der Waals surface area contributed by atoms with Crippen LogP contribution in [0.3, 0.4) is 0 Å². The number of nitrogens with one attached hydrogen (secondary N) is 1. The minimum Gasteiger partial charge on any atom is -0.394 e. The summed E-state index contributed by atoms with van der Waals surface area (Å²) >= 11 is 0. The molecule has 2 rings (SSSR count). The molecule has 580 valence electrons. The molecule has 2 aliphatic rings. The number of rotatable bonds is 69. The molecule has 0 radical (unpaired) electrons. The zero-order valence-electron chi connectivity index (χ0n) is 63.7. The van der Waals surface area contributed by atoms with E-state index < -0.39 is 86.8 Å². The van der Waals surface area contributed by atoms with Crippen molar-refractivity contribution in [3.8, 4) is 0 Å². The lowest BCUT2D eigenvalue weighted by Gasteiger charge is -2.46. The molecule has 2 aliphatic heterocycles.